The molecule has 0 saturated carbocycles. The molecule has 0 bridgehead atoms. The van der Waals surface area contributed by atoms with Crippen LogP contribution in [0.25, 0.3) is 11.2 Å². The summed E-state index contributed by atoms with van der Waals surface area (Å²) in [6, 6.07) is 0. The number of aryl methyl sites for hydroxylation is 1. The number of anilines is 1. The molecule has 150 valence electrons. The van der Waals surface area contributed by atoms with Crippen molar-refractivity contribution in [2.45, 2.75) is 70.6 Å². The van der Waals surface area contributed by atoms with Crippen molar-refractivity contribution in [2.75, 3.05) is 12.8 Å². The van der Waals surface area contributed by atoms with Gasteiger partial charge < -0.3 is 25.4 Å². The van der Waals surface area contributed by atoms with Gasteiger partial charge in [0.25, 0.3) is 0 Å². The predicted molar refractivity (Wildman–Crippen MR) is 98.5 cm³/mol. The zero-order valence-corrected chi connectivity index (χ0v) is 15.8. The van der Waals surface area contributed by atoms with Gasteiger partial charge >= 0.3 is 5.69 Å². The van der Waals surface area contributed by atoms with E-state index in [1.54, 1.807) is 0 Å². The predicted octanol–water partition coefficient (Wildman–Crippen LogP) is 0.403. The summed E-state index contributed by atoms with van der Waals surface area (Å²) in [6.45, 7) is 4.30. The number of aliphatic hydroxyl groups excluding tert-OH is 2. The van der Waals surface area contributed by atoms with E-state index in [1.807, 2.05) is 13.8 Å². The van der Waals surface area contributed by atoms with E-state index in [0.29, 0.717) is 18.5 Å². The molecule has 27 heavy (non-hydrogen) atoms. The topological polar surface area (TPSA) is 138 Å². The molecule has 2 aromatic heterocycles. The number of nitrogens with zero attached hydrogens (tertiary/aromatic N) is 4. The van der Waals surface area contributed by atoms with Gasteiger partial charge in [0.1, 0.15) is 6.10 Å². The highest BCUT2D eigenvalue weighted by Gasteiger charge is 2.41. The number of fused-ring (bicyclic) bond motifs is 1. The molecule has 1 aliphatic rings. The Balaban J connectivity index is 2.17. The number of hydrogen-bond acceptors (Lipinski definition) is 8. The highest BCUT2D eigenvalue weighted by Crippen LogP contribution is 2.34. The van der Waals surface area contributed by atoms with Crippen molar-refractivity contribution in [3.8, 4) is 5.88 Å². The van der Waals surface area contributed by atoms with Gasteiger partial charge in [-0.2, -0.15) is 9.97 Å². The van der Waals surface area contributed by atoms with Gasteiger partial charge in [-0.15, -0.1) is 0 Å². The van der Waals surface area contributed by atoms with E-state index < -0.39 is 24.5 Å². The minimum Gasteiger partial charge on any atom is -0.479 e. The number of aliphatic hydroxyl groups is 2. The van der Waals surface area contributed by atoms with E-state index in [-0.39, 0.29) is 29.6 Å². The number of ether oxygens (including phenoxy) is 2. The van der Waals surface area contributed by atoms with Gasteiger partial charge in [-0.3, -0.25) is 4.57 Å². The molecule has 0 amide bonds. The van der Waals surface area contributed by atoms with Crippen LogP contribution in [0.5, 0.6) is 5.88 Å². The maximum absolute atomic E-state index is 13.2. The van der Waals surface area contributed by atoms with Crippen molar-refractivity contribution in [1.29, 1.82) is 0 Å². The van der Waals surface area contributed by atoms with Crippen molar-refractivity contribution in [3.63, 3.8) is 0 Å². The van der Waals surface area contributed by atoms with Gasteiger partial charge in [-0.1, -0.05) is 20.3 Å². The molecule has 4 atom stereocenters. The summed E-state index contributed by atoms with van der Waals surface area (Å²) >= 11 is 0. The number of rotatable bonds is 7. The van der Waals surface area contributed by atoms with Crippen molar-refractivity contribution in [1.82, 2.24) is 19.1 Å². The summed E-state index contributed by atoms with van der Waals surface area (Å²) in [6.07, 6.45) is -0.817. The van der Waals surface area contributed by atoms with Gasteiger partial charge in [0.15, 0.2) is 17.4 Å². The highest BCUT2D eigenvalue weighted by molar-refractivity contribution is 5.78. The Labute approximate surface area is 156 Å². The average molecular weight is 381 g/mol. The Morgan fingerprint density at radius 2 is 2.15 bits per heavy atom. The fraction of sp³-hybridized carbons (Fsp3) is 0.706. The van der Waals surface area contributed by atoms with Gasteiger partial charge in [0, 0.05) is 13.0 Å². The second kappa shape index (κ2) is 7.83. The van der Waals surface area contributed by atoms with Crippen LogP contribution in [0.2, 0.25) is 0 Å². The maximum atomic E-state index is 13.2. The summed E-state index contributed by atoms with van der Waals surface area (Å²) in [4.78, 5) is 21.5. The van der Waals surface area contributed by atoms with E-state index >= 15 is 0 Å². The Morgan fingerprint density at radius 1 is 1.41 bits per heavy atom. The number of nitrogens with two attached hydrogens (primary N) is 1. The van der Waals surface area contributed by atoms with E-state index in [1.165, 1.54) is 16.2 Å². The molecule has 10 heteroatoms. The molecule has 10 nitrogen and oxygen atoms in total. The van der Waals surface area contributed by atoms with Crippen LogP contribution in [0.3, 0.4) is 0 Å². The molecule has 4 N–H and O–H groups in total. The van der Waals surface area contributed by atoms with Crippen LogP contribution in [-0.2, 0) is 11.3 Å². The third-order valence-corrected chi connectivity index (χ3v) is 4.93. The summed E-state index contributed by atoms with van der Waals surface area (Å²) < 4.78 is 14.0. The smallest absolute Gasteiger partial charge is 0.332 e. The van der Waals surface area contributed by atoms with Crippen LogP contribution in [-0.4, -0.2) is 54.7 Å². The Hall–Kier alpha value is -2.17. The number of unbranched alkanes of at least 4 members (excludes halogenated alkanes) is 1. The first kappa shape index (κ1) is 19.6. The molecule has 3 rings (SSSR count). The lowest BCUT2D eigenvalue weighted by Crippen LogP contribution is -2.32. The molecular weight excluding hydrogens is 354 g/mol. The zero-order chi connectivity index (χ0) is 19.7. The second-order valence-corrected chi connectivity index (χ2v) is 6.76. The largest absolute Gasteiger partial charge is 0.479 e. The number of aromatic nitrogens is 4. The summed E-state index contributed by atoms with van der Waals surface area (Å²) in [5.41, 5.74) is 6.07. The second-order valence-electron chi connectivity index (χ2n) is 6.76. The van der Waals surface area contributed by atoms with E-state index in [9.17, 15) is 15.0 Å². The van der Waals surface area contributed by atoms with E-state index in [2.05, 4.69) is 9.97 Å². The first-order chi connectivity index (χ1) is 12.9. The minimum atomic E-state index is -0.965. The SMILES string of the molecule is CCCCn1c(=O)n([C@@H]2O[C@H]([C@@H](O)CC)C[C@H]2O)c2nc(N)nc(OC)c21. The Bertz CT molecular complexity index is 863. The fourth-order valence-corrected chi connectivity index (χ4v) is 3.48. The third kappa shape index (κ3) is 3.40. The normalized spacial score (nSPS) is 23.8. The van der Waals surface area contributed by atoms with Crippen LogP contribution in [0.15, 0.2) is 4.79 Å². The van der Waals surface area contributed by atoms with E-state index in [4.69, 9.17) is 15.2 Å². The Kier molecular flexibility index (Phi) is 5.68. The minimum absolute atomic E-state index is 0.0432. The molecule has 0 spiro atoms. The van der Waals surface area contributed by atoms with Crippen LogP contribution < -0.4 is 16.2 Å². The summed E-state index contributed by atoms with van der Waals surface area (Å²) in [7, 11) is 1.45. The highest BCUT2D eigenvalue weighted by atomic mass is 16.5. The summed E-state index contributed by atoms with van der Waals surface area (Å²) in [5, 5.41) is 20.6. The zero-order valence-electron chi connectivity index (χ0n) is 15.8. The molecule has 0 unspecified atom stereocenters. The van der Waals surface area contributed by atoms with Crippen LogP contribution in [0, 0.1) is 0 Å². The number of hydrogen-bond donors (Lipinski definition) is 3. The van der Waals surface area contributed by atoms with Crippen LogP contribution in [0.1, 0.15) is 45.8 Å². The van der Waals surface area contributed by atoms with Crippen LogP contribution >= 0.6 is 0 Å². The standard InChI is InChI=1S/C17H27N5O5/c1-4-6-7-21-12-13(19-16(18)20-14(12)26-3)22(17(21)25)15-10(24)8-11(27-15)9(23)5-2/h9-11,15,23-24H,4-8H2,1-3H3,(H2,18,19,20)/t9-,10+,11-,15+/m0/s1. The maximum Gasteiger partial charge on any atom is 0.332 e. The number of methoxy groups -OCH3 is 1. The number of nitrogen functional groups attached to an aromatic ring is 1. The van der Waals surface area contributed by atoms with Gasteiger partial charge in [-0.25, -0.2) is 9.36 Å². The molecule has 0 aromatic carbocycles. The van der Waals surface area contributed by atoms with Crippen molar-refractivity contribution < 1.29 is 19.7 Å². The molecule has 0 aliphatic carbocycles. The lowest BCUT2D eigenvalue weighted by Gasteiger charge is -2.18. The first-order valence-corrected chi connectivity index (χ1v) is 9.26. The lowest BCUT2D eigenvalue weighted by atomic mass is 10.1. The Morgan fingerprint density at radius 3 is 2.78 bits per heavy atom. The monoisotopic (exact) mass is 381 g/mol. The molecule has 1 fully saturated rings. The molecule has 3 heterocycles. The fourth-order valence-electron chi connectivity index (χ4n) is 3.48. The van der Waals surface area contributed by atoms with Gasteiger partial charge in [0.2, 0.25) is 11.8 Å². The van der Waals surface area contributed by atoms with Gasteiger partial charge in [-0.05, 0) is 12.8 Å². The van der Waals surface area contributed by atoms with Gasteiger partial charge in [0.05, 0.1) is 19.3 Å². The number of imidazole rings is 1. The molecule has 2 aromatic rings. The molecular formula is C17H27N5O5. The van der Waals surface area contributed by atoms with Crippen LogP contribution in [0.4, 0.5) is 5.95 Å². The lowest BCUT2D eigenvalue weighted by molar-refractivity contribution is -0.0760. The van der Waals surface area contributed by atoms with E-state index in [0.717, 1.165) is 12.8 Å². The van der Waals surface area contributed by atoms with Crippen molar-refractivity contribution >= 4 is 17.1 Å². The third-order valence-electron chi connectivity index (χ3n) is 4.93. The molecule has 0 radical (unpaired) electrons. The molecule has 1 aliphatic heterocycles. The molecule has 1 saturated heterocycles. The van der Waals surface area contributed by atoms with Crippen molar-refractivity contribution in [2.24, 2.45) is 0 Å². The van der Waals surface area contributed by atoms with Crippen molar-refractivity contribution in [3.05, 3.63) is 10.5 Å². The quantitative estimate of drug-likeness (QED) is 0.627. The summed E-state index contributed by atoms with van der Waals surface area (Å²) in [5.74, 6) is 0.153. The first-order valence-electron chi connectivity index (χ1n) is 9.26. The average Bonchev–Trinajstić information content (AvgIpc) is 3.15.